The van der Waals surface area contributed by atoms with E-state index in [4.69, 9.17) is 11.6 Å². The number of nitrogens with one attached hydrogen (secondary N) is 1. The van der Waals surface area contributed by atoms with E-state index in [1.54, 1.807) is 0 Å². The third kappa shape index (κ3) is 3.55. The number of benzene rings is 1. The van der Waals surface area contributed by atoms with Gasteiger partial charge in [-0.25, -0.2) is 0 Å². The van der Waals surface area contributed by atoms with Gasteiger partial charge in [0, 0.05) is 53.7 Å². The maximum absolute atomic E-state index is 13.5. The van der Waals surface area contributed by atoms with Crippen molar-refractivity contribution in [3.8, 4) is 5.69 Å². The molecule has 32 heavy (non-hydrogen) atoms. The summed E-state index contributed by atoms with van der Waals surface area (Å²) in [5.74, 6) is -0.0779. The largest absolute Gasteiger partial charge is 0.362 e. The molecule has 2 aliphatic carbocycles. The standard InChI is InChI=1S/C27H29ClN2O2/c1-26(2)12-18-24(21(31)14-26)23(25-19(29-18)13-27(3,4)15-22(25)32)16-7-8-17(28)20(11-16)30-9-5-6-10-30/h5-11,23,29H,12-15H2,1-4H3. The maximum atomic E-state index is 13.5. The topological polar surface area (TPSA) is 51.1 Å². The molecule has 2 aromatic rings. The van der Waals surface area contributed by atoms with Gasteiger partial charge in [0.25, 0.3) is 0 Å². The van der Waals surface area contributed by atoms with Crippen LogP contribution in [0.4, 0.5) is 0 Å². The van der Waals surface area contributed by atoms with E-state index in [1.165, 1.54) is 0 Å². The van der Waals surface area contributed by atoms with Gasteiger partial charge in [-0.2, -0.15) is 0 Å². The summed E-state index contributed by atoms with van der Waals surface area (Å²) in [5.41, 5.74) is 5.08. The van der Waals surface area contributed by atoms with Crippen LogP contribution in [0.15, 0.2) is 65.3 Å². The van der Waals surface area contributed by atoms with Crippen molar-refractivity contribution in [1.82, 2.24) is 9.88 Å². The van der Waals surface area contributed by atoms with Gasteiger partial charge in [-0.05, 0) is 53.5 Å². The van der Waals surface area contributed by atoms with Crippen LogP contribution in [0.25, 0.3) is 5.69 Å². The number of hydrogen-bond donors (Lipinski definition) is 1. The molecule has 1 aliphatic heterocycles. The molecular formula is C27H29ClN2O2. The Hall–Kier alpha value is -2.59. The number of carbonyl (C=O) groups excluding carboxylic acids is 2. The molecule has 0 saturated heterocycles. The van der Waals surface area contributed by atoms with E-state index in [2.05, 4.69) is 33.0 Å². The number of Topliss-reactive ketones (excluding diaryl/α,β-unsaturated/α-hetero) is 2. The second kappa shape index (κ2) is 7.21. The zero-order valence-corrected chi connectivity index (χ0v) is 19.8. The van der Waals surface area contributed by atoms with E-state index in [9.17, 15) is 9.59 Å². The normalized spacial score (nSPS) is 22.5. The molecule has 2 heterocycles. The molecule has 3 aliphatic rings. The van der Waals surface area contributed by atoms with Gasteiger partial charge in [0.1, 0.15) is 0 Å². The molecule has 0 fully saturated rings. The van der Waals surface area contributed by atoms with Crippen molar-refractivity contribution < 1.29 is 9.59 Å². The minimum atomic E-state index is -0.347. The van der Waals surface area contributed by atoms with Crippen molar-refractivity contribution in [2.24, 2.45) is 10.8 Å². The fraction of sp³-hybridized carbons (Fsp3) is 0.407. The predicted molar refractivity (Wildman–Crippen MR) is 127 cm³/mol. The first-order chi connectivity index (χ1) is 15.0. The van der Waals surface area contributed by atoms with Crippen molar-refractivity contribution >= 4 is 23.2 Å². The second-order valence-corrected chi connectivity index (χ2v) is 11.4. The number of carbonyl (C=O) groups is 2. The van der Waals surface area contributed by atoms with Gasteiger partial charge in [0.15, 0.2) is 11.6 Å². The van der Waals surface area contributed by atoms with E-state index in [0.29, 0.717) is 17.9 Å². The van der Waals surface area contributed by atoms with Gasteiger partial charge >= 0.3 is 0 Å². The van der Waals surface area contributed by atoms with Gasteiger partial charge in [-0.1, -0.05) is 45.4 Å². The number of nitrogens with zero attached hydrogens (tertiary/aromatic N) is 1. The van der Waals surface area contributed by atoms with Crippen LogP contribution in [0.3, 0.4) is 0 Å². The SMILES string of the molecule is CC1(C)CC(=O)C2=C(C1)NC1=C(C(=O)CC(C)(C)C1)C2c1ccc(Cl)c(-n2cccc2)c1. The van der Waals surface area contributed by atoms with Crippen LogP contribution in [0.1, 0.15) is 64.9 Å². The third-order valence-electron chi connectivity index (χ3n) is 6.91. The molecule has 1 aromatic heterocycles. The van der Waals surface area contributed by atoms with Crippen molar-refractivity contribution in [3.05, 3.63) is 75.9 Å². The molecule has 0 atom stereocenters. The highest BCUT2D eigenvalue weighted by Crippen LogP contribution is 2.51. The summed E-state index contributed by atoms with van der Waals surface area (Å²) in [7, 11) is 0. The van der Waals surface area contributed by atoms with Crippen LogP contribution in [-0.2, 0) is 9.59 Å². The van der Waals surface area contributed by atoms with Crippen LogP contribution in [0, 0.1) is 10.8 Å². The Balaban J connectivity index is 1.72. The Kier molecular flexibility index (Phi) is 4.79. The maximum Gasteiger partial charge on any atom is 0.162 e. The van der Waals surface area contributed by atoms with Gasteiger partial charge in [-0.15, -0.1) is 0 Å². The summed E-state index contributed by atoms with van der Waals surface area (Å²) in [6.07, 6.45) is 6.48. The van der Waals surface area contributed by atoms with Gasteiger partial charge in [-0.3, -0.25) is 9.59 Å². The van der Waals surface area contributed by atoms with Crippen molar-refractivity contribution in [2.75, 3.05) is 0 Å². The van der Waals surface area contributed by atoms with Crippen molar-refractivity contribution in [1.29, 1.82) is 0 Å². The zero-order valence-electron chi connectivity index (χ0n) is 19.1. The molecule has 5 heteroatoms. The van der Waals surface area contributed by atoms with Gasteiger partial charge in [0.05, 0.1) is 10.7 Å². The Morgan fingerprint density at radius 1 is 0.875 bits per heavy atom. The lowest BCUT2D eigenvalue weighted by atomic mass is 9.64. The van der Waals surface area contributed by atoms with Crippen LogP contribution < -0.4 is 5.32 Å². The molecule has 0 radical (unpaired) electrons. The fourth-order valence-corrected chi connectivity index (χ4v) is 5.84. The summed E-state index contributed by atoms with van der Waals surface area (Å²) in [6.45, 7) is 8.55. The molecule has 0 unspecified atom stereocenters. The molecule has 0 saturated carbocycles. The van der Waals surface area contributed by atoms with Crippen LogP contribution in [0.5, 0.6) is 0 Å². The van der Waals surface area contributed by atoms with E-state index < -0.39 is 0 Å². The van der Waals surface area contributed by atoms with E-state index in [-0.39, 0.29) is 28.3 Å². The molecular weight excluding hydrogens is 420 g/mol. The Bertz CT molecular complexity index is 1150. The first-order valence-electron chi connectivity index (χ1n) is 11.3. The summed E-state index contributed by atoms with van der Waals surface area (Å²) in [6, 6.07) is 9.79. The van der Waals surface area contributed by atoms with E-state index in [0.717, 1.165) is 46.6 Å². The number of allylic oxidation sites excluding steroid dienone is 4. The number of aromatic nitrogens is 1. The average Bonchev–Trinajstić information content (AvgIpc) is 3.19. The lowest BCUT2D eigenvalue weighted by Gasteiger charge is -2.44. The minimum absolute atomic E-state index is 0.101. The number of dihydropyridines is 1. The Morgan fingerprint density at radius 2 is 1.41 bits per heavy atom. The molecule has 4 nitrogen and oxygen atoms in total. The highest BCUT2D eigenvalue weighted by Gasteiger charge is 2.46. The molecule has 0 amide bonds. The molecule has 0 spiro atoms. The molecule has 1 N–H and O–H groups in total. The Labute approximate surface area is 194 Å². The average molecular weight is 449 g/mol. The number of hydrogen-bond acceptors (Lipinski definition) is 3. The molecule has 5 rings (SSSR count). The fourth-order valence-electron chi connectivity index (χ4n) is 5.62. The van der Waals surface area contributed by atoms with Gasteiger partial charge in [0.2, 0.25) is 0 Å². The minimum Gasteiger partial charge on any atom is -0.362 e. The summed E-state index contributed by atoms with van der Waals surface area (Å²) >= 11 is 6.54. The number of ketones is 2. The summed E-state index contributed by atoms with van der Waals surface area (Å²) in [5, 5.41) is 4.20. The second-order valence-electron chi connectivity index (χ2n) is 11.0. The molecule has 166 valence electrons. The Morgan fingerprint density at radius 3 is 1.94 bits per heavy atom. The van der Waals surface area contributed by atoms with Gasteiger partial charge < -0.3 is 9.88 Å². The lowest BCUT2D eigenvalue weighted by Crippen LogP contribution is -2.42. The van der Waals surface area contributed by atoms with E-state index in [1.807, 2.05) is 47.3 Å². The first-order valence-corrected chi connectivity index (χ1v) is 11.6. The van der Waals surface area contributed by atoms with Crippen LogP contribution in [0.2, 0.25) is 5.02 Å². The van der Waals surface area contributed by atoms with Crippen molar-refractivity contribution in [3.63, 3.8) is 0 Å². The highest BCUT2D eigenvalue weighted by molar-refractivity contribution is 6.32. The van der Waals surface area contributed by atoms with E-state index >= 15 is 0 Å². The van der Waals surface area contributed by atoms with Crippen LogP contribution >= 0.6 is 11.6 Å². The third-order valence-corrected chi connectivity index (χ3v) is 7.22. The first kappa shape index (κ1) is 21.3. The smallest absolute Gasteiger partial charge is 0.162 e. The number of halogens is 1. The molecule has 1 aromatic carbocycles. The molecule has 0 bridgehead atoms. The quantitative estimate of drug-likeness (QED) is 0.603. The summed E-state index contributed by atoms with van der Waals surface area (Å²) in [4.78, 5) is 26.9. The monoisotopic (exact) mass is 448 g/mol. The number of rotatable bonds is 2. The lowest BCUT2D eigenvalue weighted by molar-refractivity contribution is -0.119. The zero-order chi connectivity index (χ0) is 22.8. The predicted octanol–water partition coefficient (Wildman–Crippen LogP) is 6.10. The highest BCUT2D eigenvalue weighted by atomic mass is 35.5. The summed E-state index contributed by atoms with van der Waals surface area (Å²) < 4.78 is 1.97. The van der Waals surface area contributed by atoms with Crippen LogP contribution in [-0.4, -0.2) is 16.1 Å². The van der Waals surface area contributed by atoms with Crippen molar-refractivity contribution in [2.45, 2.75) is 59.3 Å².